The van der Waals surface area contributed by atoms with Crippen molar-refractivity contribution in [2.24, 2.45) is 5.92 Å². The lowest BCUT2D eigenvalue weighted by molar-refractivity contribution is 0.230. The first-order chi connectivity index (χ1) is 9.45. The van der Waals surface area contributed by atoms with E-state index in [2.05, 4.69) is 6.92 Å². The molecule has 112 valence electrons. The lowest BCUT2D eigenvalue weighted by Crippen LogP contribution is -2.15. The molecule has 1 aromatic rings. The minimum absolute atomic E-state index is 0.0410. The summed E-state index contributed by atoms with van der Waals surface area (Å²) in [4.78, 5) is 0.946. The third-order valence-electron chi connectivity index (χ3n) is 3.61. The molecule has 2 atom stereocenters. The Labute approximate surface area is 125 Å². The number of benzene rings is 1. The van der Waals surface area contributed by atoms with Gasteiger partial charge in [-0.05, 0) is 38.7 Å². The first-order valence-corrected chi connectivity index (χ1v) is 8.26. The summed E-state index contributed by atoms with van der Waals surface area (Å²) in [5, 5.41) is 0.582. The molecule has 0 heterocycles. The molecule has 0 saturated heterocycles. The largest absolute Gasteiger partial charge is 0.488 e. The molecule has 1 fully saturated rings. The quantitative estimate of drug-likeness (QED) is 0.806. The SMILES string of the molecule is CC1CCCC(Sc2cc(OC(C)C)c(F)cc2N)C1. The van der Waals surface area contributed by atoms with E-state index in [1.54, 1.807) is 17.8 Å². The Balaban J connectivity index is 2.13. The molecule has 0 spiro atoms. The van der Waals surface area contributed by atoms with E-state index in [1.165, 1.54) is 31.7 Å². The maximum atomic E-state index is 13.8. The molecule has 20 heavy (non-hydrogen) atoms. The molecule has 1 aliphatic carbocycles. The minimum Gasteiger partial charge on any atom is -0.488 e. The van der Waals surface area contributed by atoms with Crippen LogP contribution in [0.5, 0.6) is 5.75 Å². The van der Waals surface area contributed by atoms with E-state index >= 15 is 0 Å². The van der Waals surface area contributed by atoms with Crippen molar-refractivity contribution in [2.45, 2.75) is 62.7 Å². The van der Waals surface area contributed by atoms with Crippen LogP contribution in [0, 0.1) is 11.7 Å². The molecule has 2 unspecified atom stereocenters. The molecular formula is C16H24FNOS. The second kappa shape index (κ2) is 6.70. The lowest BCUT2D eigenvalue weighted by atomic mass is 9.91. The van der Waals surface area contributed by atoms with Gasteiger partial charge in [-0.1, -0.05) is 19.8 Å². The van der Waals surface area contributed by atoms with E-state index in [-0.39, 0.29) is 11.9 Å². The van der Waals surface area contributed by atoms with Crippen molar-refractivity contribution in [2.75, 3.05) is 5.73 Å². The molecule has 0 amide bonds. The van der Waals surface area contributed by atoms with Gasteiger partial charge in [0, 0.05) is 21.9 Å². The Kier molecular flexibility index (Phi) is 5.19. The summed E-state index contributed by atoms with van der Waals surface area (Å²) >= 11 is 1.77. The number of hydrogen-bond donors (Lipinski definition) is 1. The summed E-state index contributed by atoms with van der Waals surface area (Å²) in [6.07, 6.45) is 4.97. The fraction of sp³-hybridized carbons (Fsp3) is 0.625. The minimum atomic E-state index is -0.377. The Morgan fingerprint density at radius 2 is 2.10 bits per heavy atom. The number of thioether (sulfide) groups is 1. The normalized spacial score (nSPS) is 23.1. The van der Waals surface area contributed by atoms with Gasteiger partial charge in [0.25, 0.3) is 0 Å². The van der Waals surface area contributed by atoms with Crippen LogP contribution in [0.25, 0.3) is 0 Å². The summed E-state index contributed by atoms with van der Waals surface area (Å²) in [6, 6.07) is 3.14. The average Bonchev–Trinajstić information content (AvgIpc) is 2.34. The van der Waals surface area contributed by atoms with Gasteiger partial charge >= 0.3 is 0 Å². The molecule has 4 heteroatoms. The van der Waals surface area contributed by atoms with Gasteiger partial charge in [-0.15, -0.1) is 11.8 Å². The van der Waals surface area contributed by atoms with Gasteiger partial charge in [-0.2, -0.15) is 0 Å². The van der Waals surface area contributed by atoms with Crippen LogP contribution in [0.2, 0.25) is 0 Å². The number of halogens is 1. The van der Waals surface area contributed by atoms with Crippen molar-refractivity contribution >= 4 is 17.4 Å². The zero-order valence-corrected chi connectivity index (χ0v) is 13.3. The first kappa shape index (κ1) is 15.5. The third kappa shape index (κ3) is 4.05. The van der Waals surface area contributed by atoms with Gasteiger partial charge in [-0.25, -0.2) is 4.39 Å². The predicted octanol–water partition coefficient (Wildman–Crippen LogP) is 4.87. The van der Waals surface area contributed by atoms with E-state index in [9.17, 15) is 4.39 Å². The smallest absolute Gasteiger partial charge is 0.167 e. The third-order valence-corrected chi connectivity index (χ3v) is 4.98. The summed E-state index contributed by atoms with van der Waals surface area (Å²) < 4.78 is 19.3. The molecule has 0 aromatic heterocycles. The maximum absolute atomic E-state index is 13.8. The monoisotopic (exact) mass is 297 g/mol. The van der Waals surface area contributed by atoms with Crippen LogP contribution in [0.15, 0.2) is 17.0 Å². The summed E-state index contributed by atoms with van der Waals surface area (Å²) in [7, 11) is 0. The van der Waals surface area contributed by atoms with Crippen LogP contribution >= 0.6 is 11.8 Å². The predicted molar refractivity (Wildman–Crippen MR) is 83.9 cm³/mol. The van der Waals surface area contributed by atoms with Crippen LogP contribution in [-0.2, 0) is 0 Å². The molecular weight excluding hydrogens is 273 g/mol. The lowest BCUT2D eigenvalue weighted by Gasteiger charge is -2.26. The zero-order valence-electron chi connectivity index (χ0n) is 12.5. The fourth-order valence-corrected chi connectivity index (χ4v) is 4.10. The van der Waals surface area contributed by atoms with Crippen molar-refractivity contribution in [1.29, 1.82) is 0 Å². The second-order valence-corrected chi connectivity index (χ2v) is 7.34. The highest BCUT2D eigenvalue weighted by Crippen LogP contribution is 2.40. The van der Waals surface area contributed by atoms with E-state index in [0.717, 1.165) is 10.8 Å². The van der Waals surface area contributed by atoms with Crippen molar-refractivity contribution < 1.29 is 9.13 Å². The van der Waals surface area contributed by atoms with Crippen molar-refractivity contribution in [3.05, 3.63) is 17.9 Å². The molecule has 1 aliphatic rings. The van der Waals surface area contributed by atoms with Crippen LogP contribution < -0.4 is 10.5 Å². The summed E-state index contributed by atoms with van der Waals surface area (Å²) in [5.41, 5.74) is 6.47. The van der Waals surface area contributed by atoms with Gasteiger partial charge in [0.15, 0.2) is 11.6 Å². The molecule has 0 radical (unpaired) electrons. The van der Waals surface area contributed by atoms with Gasteiger partial charge in [-0.3, -0.25) is 0 Å². The second-order valence-electron chi connectivity index (χ2n) is 6.00. The Morgan fingerprint density at radius 1 is 1.35 bits per heavy atom. The number of ether oxygens (including phenoxy) is 1. The van der Waals surface area contributed by atoms with Crippen LogP contribution in [-0.4, -0.2) is 11.4 Å². The molecule has 1 saturated carbocycles. The highest BCUT2D eigenvalue weighted by atomic mass is 32.2. The summed E-state index contributed by atoms with van der Waals surface area (Å²) in [6.45, 7) is 6.09. The highest BCUT2D eigenvalue weighted by molar-refractivity contribution is 8.00. The van der Waals surface area contributed by atoms with Crippen molar-refractivity contribution in [1.82, 2.24) is 0 Å². The number of hydrogen-bond acceptors (Lipinski definition) is 3. The van der Waals surface area contributed by atoms with Crippen molar-refractivity contribution in [3.8, 4) is 5.75 Å². The van der Waals surface area contributed by atoms with Gasteiger partial charge in [0.1, 0.15) is 0 Å². The zero-order chi connectivity index (χ0) is 14.7. The molecule has 2 N–H and O–H groups in total. The Hall–Kier alpha value is -0.900. The Morgan fingerprint density at radius 3 is 2.75 bits per heavy atom. The topological polar surface area (TPSA) is 35.2 Å². The fourth-order valence-electron chi connectivity index (χ4n) is 2.66. The Bertz CT molecular complexity index is 464. The molecule has 2 nitrogen and oxygen atoms in total. The maximum Gasteiger partial charge on any atom is 0.167 e. The number of rotatable bonds is 4. The van der Waals surface area contributed by atoms with Crippen LogP contribution in [0.3, 0.4) is 0 Å². The number of anilines is 1. The van der Waals surface area contributed by atoms with Gasteiger partial charge < -0.3 is 10.5 Å². The van der Waals surface area contributed by atoms with Crippen LogP contribution in [0.1, 0.15) is 46.5 Å². The van der Waals surface area contributed by atoms with Gasteiger partial charge in [0.05, 0.1) is 6.10 Å². The van der Waals surface area contributed by atoms with E-state index in [1.807, 2.05) is 13.8 Å². The summed E-state index contributed by atoms with van der Waals surface area (Å²) in [5.74, 6) is 0.701. The molecule has 0 bridgehead atoms. The molecule has 2 rings (SSSR count). The van der Waals surface area contributed by atoms with Crippen molar-refractivity contribution in [3.63, 3.8) is 0 Å². The average molecular weight is 297 g/mol. The highest BCUT2D eigenvalue weighted by Gasteiger charge is 2.21. The van der Waals surface area contributed by atoms with E-state index in [4.69, 9.17) is 10.5 Å². The van der Waals surface area contributed by atoms with Crippen LogP contribution in [0.4, 0.5) is 10.1 Å². The number of nitrogens with two attached hydrogens (primary N) is 1. The molecule has 1 aromatic carbocycles. The van der Waals surface area contributed by atoms with E-state index < -0.39 is 0 Å². The molecule has 0 aliphatic heterocycles. The van der Waals surface area contributed by atoms with E-state index in [0.29, 0.717) is 16.7 Å². The van der Waals surface area contributed by atoms with Gasteiger partial charge in [0.2, 0.25) is 0 Å². The first-order valence-electron chi connectivity index (χ1n) is 7.38. The number of nitrogen functional groups attached to an aromatic ring is 1. The standard InChI is InChI=1S/C16H24FNOS/c1-10(2)19-15-9-16(14(18)8-13(15)17)20-12-6-4-5-11(3)7-12/h8-12H,4-7,18H2,1-3H3.